The largest absolute Gasteiger partial charge is 0.507 e. The minimum absolute atomic E-state index is 0.0378. The van der Waals surface area contributed by atoms with E-state index in [1.54, 1.807) is 29.2 Å². The maximum absolute atomic E-state index is 13.5. The smallest absolute Gasteiger partial charge is 0.273 e. The molecule has 2 heterocycles. The Bertz CT molecular complexity index is 1190. The Balaban J connectivity index is 1.80. The molecule has 3 N–H and O–H groups in total. The number of rotatable bonds is 9. The third-order valence-electron chi connectivity index (χ3n) is 5.86. The fraction of sp³-hybridized carbons (Fsp3) is 0.385. The van der Waals surface area contributed by atoms with Crippen LogP contribution < -0.4 is 4.74 Å². The summed E-state index contributed by atoms with van der Waals surface area (Å²) in [6.45, 7) is 9.15. The number of aromatic amines is 1. The second-order valence-electron chi connectivity index (χ2n) is 8.72. The first-order valence-corrected chi connectivity index (χ1v) is 11.6. The number of aryl methyl sites for hydroxylation is 1. The fourth-order valence-corrected chi connectivity index (χ4v) is 4.34. The Kier molecular flexibility index (Phi) is 6.79. The first-order chi connectivity index (χ1) is 16.3. The van der Waals surface area contributed by atoms with Gasteiger partial charge in [0.15, 0.2) is 11.5 Å². The van der Waals surface area contributed by atoms with Crippen LogP contribution in [0.2, 0.25) is 0 Å². The van der Waals surface area contributed by atoms with Crippen LogP contribution >= 0.6 is 0 Å². The van der Waals surface area contributed by atoms with Crippen molar-refractivity contribution in [2.75, 3.05) is 19.8 Å². The highest BCUT2D eigenvalue weighted by molar-refractivity contribution is 6.00. The van der Waals surface area contributed by atoms with E-state index in [-0.39, 0.29) is 23.5 Å². The predicted octanol–water partition coefficient (Wildman–Crippen LogP) is 4.56. The molecule has 0 bridgehead atoms. The summed E-state index contributed by atoms with van der Waals surface area (Å²) in [6.07, 6.45) is 0.781. The second kappa shape index (κ2) is 9.77. The third kappa shape index (κ3) is 4.46. The van der Waals surface area contributed by atoms with Gasteiger partial charge in [-0.05, 0) is 63.9 Å². The summed E-state index contributed by atoms with van der Waals surface area (Å²) in [6, 6.07) is 9.97. The maximum Gasteiger partial charge on any atom is 0.273 e. The average molecular weight is 466 g/mol. The number of hydrogen-bond donors (Lipinski definition) is 3. The lowest BCUT2D eigenvalue weighted by Crippen LogP contribution is -2.31. The van der Waals surface area contributed by atoms with Crippen molar-refractivity contribution < 1.29 is 24.5 Å². The van der Waals surface area contributed by atoms with E-state index in [1.807, 2.05) is 39.8 Å². The predicted molar refractivity (Wildman–Crippen MR) is 128 cm³/mol. The molecule has 8 heteroatoms. The zero-order valence-corrected chi connectivity index (χ0v) is 20.0. The highest BCUT2D eigenvalue weighted by atomic mass is 16.5. The standard InChI is InChI=1S/C26H31N3O5/c1-5-33-21-14-17(8-10-20(21)31)25-22-23(18-13-16(4)7-9-19(18)30)27-28-24(22)26(32)29(25)11-6-12-34-15(2)3/h7-10,13-15,25,30-31H,5-6,11-12H2,1-4H3,(H,27,28). The number of ether oxygens (including phenoxy) is 2. The monoisotopic (exact) mass is 465 g/mol. The van der Waals surface area contributed by atoms with Gasteiger partial charge >= 0.3 is 0 Å². The molecule has 0 radical (unpaired) electrons. The molecule has 1 atom stereocenters. The van der Waals surface area contributed by atoms with E-state index >= 15 is 0 Å². The normalized spacial score (nSPS) is 15.3. The summed E-state index contributed by atoms with van der Waals surface area (Å²) in [5.74, 6) is 0.320. The lowest BCUT2D eigenvalue weighted by Gasteiger charge is -2.27. The van der Waals surface area contributed by atoms with Gasteiger partial charge in [0.05, 0.1) is 18.8 Å². The van der Waals surface area contributed by atoms with E-state index < -0.39 is 6.04 Å². The fourth-order valence-electron chi connectivity index (χ4n) is 4.34. The molecule has 0 spiro atoms. The van der Waals surface area contributed by atoms with Crippen LogP contribution in [0.15, 0.2) is 36.4 Å². The minimum atomic E-state index is -0.463. The molecule has 0 fully saturated rings. The number of nitrogens with one attached hydrogen (secondary N) is 1. The van der Waals surface area contributed by atoms with Crippen LogP contribution in [0.4, 0.5) is 0 Å². The van der Waals surface area contributed by atoms with Crippen molar-refractivity contribution >= 4 is 5.91 Å². The second-order valence-corrected chi connectivity index (χ2v) is 8.72. The van der Waals surface area contributed by atoms with Gasteiger partial charge < -0.3 is 24.6 Å². The number of fused-ring (bicyclic) bond motifs is 1. The topological polar surface area (TPSA) is 108 Å². The van der Waals surface area contributed by atoms with Crippen LogP contribution in [0.1, 0.15) is 60.4 Å². The molecule has 1 aliphatic heterocycles. The van der Waals surface area contributed by atoms with Crippen LogP contribution in [0.5, 0.6) is 17.2 Å². The molecule has 2 aromatic carbocycles. The molecule has 1 aliphatic rings. The molecule has 3 aromatic rings. The Morgan fingerprint density at radius 3 is 2.65 bits per heavy atom. The Morgan fingerprint density at radius 1 is 1.15 bits per heavy atom. The van der Waals surface area contributed by atoms with E-state index in [9.17, 15) is 15.0 Å². The van der Waals surface area contributed by atoms with Gasteiger partial charge in [-0.15, -0.1) is 0 Å². The van der Waals surface area contributed by atoms with Crippen LogP contribution in [0.3, 0.4) is 0 Å². The SMILES string of the molecule is CCOc1cc(C2c3c(-c4cc(C)ccc4O)n[nH]c3C(=O)N2CCCOC(C)C)ccc1O. The van der Waals surface area contributed by atoms with Crippen LogP contribution in [0.25, 0.3) is 11.3 Å². The van der Waals surface area contributed by atoms with E-state index in [1.165, 1.54) is 0 Å². The van der Waals surface area contributed by atoms with Gasteiger partial charge in [0, 0.05) is 24.3 Å². The molecule has 180 valence electrons. The van der Waals surface area contributed by atoms with Crippen molar-refractivity contribution in [3.8, 4) is 28.5 Å². The van der Waals surface area contributed by atoms with Gasteiger partial charge in [-0.1, -0.05) is 17.7 Å². The highest BCUT2D eigenvalue weighted by Gasteiger charge is 2.42. The van der Waals surface area contributed by atoms with Crippen LogP contribution in [-0.4, -0.2) is 57.1 Å². The molecule has 1 amide bonds. The van der Waals surface area contributed by atoms with Gasteiger partial charge in [0.1, 0.15) is 17.1 Å². The Labute approximate surface area is 199 Å². The number of H-pyrrole nitrogens is 1. The van der Waals surface area contributed by atoms with Crippen molar-refractivity contribution in [1.29, 1.82) is 0 Å². The average Bonchev–Trinajstić information content (AvgIpc) is 3.34. The maximum atomic E-state index is 13.5. The van der Waals surface area contributed by atoms with E-state index in [0.29, 0.717) is 54.4 Å². The number of benzene rings is 2. The quantitative estimate of drug-likeness (QED) is 0.400. The van der Waals surface area contributed by atoms with Crippen molar-refractivity contribution in [3.05, 3.63) is 58.8 Å². The van der Waals surface area contributed by atoms with Gasteiger partial charge in [-0.2, -0.15) is 5.10 Å². The number of carbonyl (C=O) groups is 1. The molecule has 0 saturated heterocycles. The molecular weight excluding hydrogens is 434 g/mol. The van der Waals surface area contributed by atoms with Crippen LogP contribution in [0, 0.1) is 6.92 Å². The first kappa shape index (κ1) is 23.6. The Morgan fingerprint density at radius 2 is 1.91 bits per heavy atom. The van der Waals surface area contributed by atoms with Gasteiger partial charge in [0.2, 0.25) is 0 Å². The van der Waals surface area contributed by atoms with Crippen molar-refractivity contribution in [2.24, 2.45) is 0 Å². The number of phenols is 2. The number of hydrogen-bond acceptors (Lipinski definition) is 6. The number of amides is 1. The summed E-state index contributed by atoms with van der Waals surface area (Å²) < 4.78 is 11.3. The summed E-state index contributed by atoms with van der Waals surface area (Å²) >= 11 is 0. The lowest BCUT2D eigenvalue weighted by molar-refractivity contribution is 0.0601. The van der Waals surface area contributed by atoms with E-state index in [2.05, 4.69) is 10.2 Å². The minimum Gasteiger partial charge on any atom is -0.507 e. The number of nitrogens with zero attached hydrogens (tertiary/aromatic N) is 2. The molecule has 1 unspecified atom stereocenters. The van der Waals surface area contributed by atoms with E-state index in [4.69, 9.17) is 9.47 Å². The number of phenolic OH excluding ortho intramolecular Hbond substituents is 2. The van der Waals surface area contributed by atoms with Gasteiger partial charge in [-0.3, -0.25) is 9.89 Å². The van der Waals surface area contributed by atoms with Crippen LogP contribution in [-0.2, 0) is 4.74 Å². The molecule has 34 heavy (non-hydrogen) atoms. The summed E-state index contributed by atoms with van der Waals surface area (Å²) in [7, 11) is 0. The molecule has 0 aliphatic carbocycles. The lowest BCUT2D eigenvalue weighted by atomic mass is 9.94. The molecule has 0 saturated carbocycles. The van der Waals surface area contributed by atoms with Crippen molar-refractivity contribution in [1.82, 2.24) is 15.1 Å². The molecule has 4 rings (SSSR count). The van der Waals surface area contributed by atoms with Crippen molar-refractivity contribution in [2.45, 2.75) is 46.3 Å². The van der Waals surface area contributed by atoms with Crippen molar-refractivity contribution in [3.63, 3.8) is 0 Å². The number of aromatic nitrogens is 2. The molecule has 1 aromatic heterocycles. The summed E-state index contributed by atoms with van der Waals surface area (Å²) in [5.41, 5.74) is 3.94. The van der Waals surface area contributed by atoms with Gasteiger partial charge in [0.25, 0.3) is 5.91 Å². The zero-order valence-electron chi connectivity index (χ0n) is 20.0. The molecular formula is C26H31N3O5. The number of carbonyl (C=O) groups excluding carboxylic acids is 1. The first-order valence-electron chi connectivity index (χ1n) is 11.6. The van der Waals surface area contributed by atoms with E-state index in [0.717, 1.165) is 11.1 Å². The zero-order chi connectivity index (χ0) is 24.4. The van der Waals surface area contributed by atoms with Gasteiger partial charge in [-0.25, -0.2) is 0 Å². The molecule has 8 nitrogen and oxygen atoms in total. The Hall–Kier alpha value is -3.52. The summed E-state index contributed by atoms with van der Waals surface area (Å²) in [5, 5.41) is 28.1. The highest BCUT2D eigenvalue weighted by Crippen LogP contribution is 2.46. The number of aromatic hydroxyl groups is 2. The third-order valence-corrected chi connectivity index (χ3v) is 5.86. The summed E-state index contributed by atoms with van der Waals surface area (Å²) in [4.78, 5) is 15.2.